The minimum absolute atomic E-state index is 0.283. The van der Waals surface area contributed by atoms with E-state index in [1.807, 2.05) is 6.92 Å². The van der Waals surface area contributed by atoms with Gasteiger partial charge in [-0.1, -0.05) is 6.92 Å². The van der Waals surface area contributed by atoms with Gasteiger partial charge in [-0.25, -0.2) is 4.39 Å². The number of carbonyl (C=O) groups is 1. The van der Waals surface area contributed by atoms with Gasteiger partial charge in [0.1, 0.15) is 5.82 Å². The summed E-state index contributed by atoms with van der Waals surface area (Å²) in [4.78, 5) is 11.0. The normalized spacial score (nSPS) is 12.3. The molecule has 1 unspecified atom stereocenters. The van der Waals surface area contributed by atoms with Gasteiger partial charge in [0.2, 0.25) is 5.91 Å². The van der Waals surface area contributed by atoms with E-state index in [4.69, 9.17) is 5.73 Å². The number of hydrogen-bond donors (Lipinski definition) is 2. The highest BCUT2D eigenvalue weighted by Crippen LogP contribution is 2.10. The van der Waals surface area contributed by atoms with Crippen molar-refractivity contribution >= 4 is 16.7 Å². The molecule has 0 heterocycles. The molecule has 0 saturated carbocycles. The zero-order chi connectivity index (χ0) is 13.5. The summed E-state index contributed by atoms with van der Waals surface area (Å²) < 4.78 is 24.6. The number of nitrogens with one attached hydrogen (secondary N) is 1. The van der Waals surface area contributed by atoms with Crippen molar-refractivity contribution in [2.24, 2.45) is 5.73 Å². The van der Waals surface area contributed by atoms with Gasteiger partial charge in [0.25, 0.3) is 0 Å². The molecule has 0 saturated heterocycles. The monoisotopic (exact) mass is 272 g/mol. The minimum atomic E-state index is -0.832. The largest absolute Gasteiger partial charge is 0.366 e. The van der Waals surface area contributed by atoms with E-state index in [0.29, 0.717) is 23.6 Å². The number of rotatable bonds is 7. The van der Waals surface area contributed by atoms with Crippen LogP contribution in [0, 0.1) is 5.82 Å². The van der Waals surface area contributed by atoms with Crippen molar-refractivity contribution in [2.45, 2.75) is 13.5 Å². The Labute approximate surface area is 108 Å². The molecule has 0 spiro atoms. The molecule has 1 aromatic rings. The molecule has 1 rings (SSSR count). The summed E-state index contributed by atoms with van der Waals surface area (Å²) in [7, 11) is -0.832. The highest BCUT2D eigenvalue weighted by Gasteiger charge is 2.06. The molecule has 1 atom stereocenters. The van der Waals surface area contributed by atoms with Gasteiger partial charge in [-0.05, 0) is 18.2 Å². The molecular formula is C12H17FN2O2S. The Morgan fingerprint density at radius 1 is 1.50 bits per heavy atom. The van der Waals surface area contributed by atoms with Gasteiger partial charge in [0, 0.05) is 46.5 Å². The summed E-state index contributed by atoms with van der Waals surface area (Å²) in [5.74, 6) is 0.188. The lowest BCUT2D eigenvalue weighted by Gasteiger charge is -2.07. The average molecular weight is 272 g/mol. The first kappa shape index (κ1) is 14.8. The summed E-state index contributed by atoms with van der Waals surface area (Å²) in [5.41, 5.74) is 5.79. The standard InChI is InChI=1S/C12H17FN2O2S/c1-2-18(17)6-5-15-8-10-7-9(12(14)16)3-4-11(10)13/h3-4,7,15H,2,5-6,8H2,1H3,(H2,14,16). The fourth-order valence-corrected chi connectivity index (χ4v) is 2.08. The van der Waals surface area contributed by atoms with E-state index in [1.54, 1.807) is 0 Å². The Morgan fingerprint density at radius 2 is 2.22 bits per heavy atom. The Bertz CT molecular complexity index is 452. The number of nitrogens with two attached hydrogens (primary N) is 1. The van der Waals surface area contributed by atoms with Crippen LogP contribution in [0.5, 0.6) is 0 Å². The number of primary amides is 1. The maximum Gasteiger partial charge on any atom is 0.248 e. The second-order valence-corrected chi connectivity index (χ2v) is 5.65. The number of halogens is 1. The van der Waals surface area contributed by atoms with Crippen molar-refractivity contribution in [1.29, 1.82) is 0 Å². The maximum absolute atomic E-state index is 13.4. The van der Waals surface area contributed by atoms with Crippen LogP contribution in [0.15, 0.2) is 18.2 Å². The fraction of sp³-hybridized carbons (Fsp3) is 0.417. The van der Waals surface area contributed by atoms with E-state index in [2.05, 4.69) is 5.32 Å². The summed E-state index contributed by atoms with van der Waals surface area (Å²) >= 11 is 0. The van der Waals surface area contributed by atoms with Crippen molar-refractivity contribution in [3.8, 4) is 0 Å². The van der Waals surface area contributed by atoms with Crippen LogP contribution in [-0.4, -0.2) is 28.2 Å². The van der Waals surface area contributed by atoms with Gasteiger partial charge in [0.15, 0.2) is 0 Å². The second-order valence-electron chi connectivity index (χ2n) is 3.78. The lowest BCUT2D eigenvalue weighted by molar-refractivity contribution is 0.1000. The molecule has 0 aliphatic carbocycles. The lowest BCUT2D eigenvalue weighted by atomic mass is 10.1. The predicted molar refractivity (Wildman–Crippen MR) is 70.2 cm³/mol. The maximum atomic E-state index is 13.4. The second kappa shape index (κ2) is 7.23. The highest BCUT2D eigenvalue weighted by atomic mass is 32.2. The Morgan fingerprint density at radius 3 is 2.83 bits per heavy atom. The van der Waals surface area contributed by atoms with E-state index in [-0.39, 0.29) is 17.9 Å². The van der Waals surface area contributed by atoms with E-state index in [0.717, 1.165) is 0 Å². The average Bonchev–Trinajstić information content (AvgIpc) is 2.35. The van der Waals surface area contributed by atoms with Gasteiger partial charge in [0.05, 0.1) is 0 Å². The van der Waals surface area contributed by atoms with E-state index in [1.165, 1.54) is 18.2 Å². The van der Waals surface area contributed by atoms with Gasteiger partial charge >= 0.3 is 0 Å². The molecule has 0 aliphatic heterocycles. The fourth-order valence-electron chi connectivity index (χ4n) is 1.42. The Kier molecular flexibility index (Phi) is 5.94. The summed E-state index contributed by atoms with van der Waals surface area (Å²) in [6, 6.07) is 4.01. The lowest BCUT2D eigenvalue weighted by Crippen LogP contribution is -2.21. The molecule has 0 aliphatic rings. The van der Waals surface area contributed by atoms with Gasteiger partial charge in [-0.3, -0.25) is 9.00 Å². The quantitative estimate of drug-likeness (QED) is 0.721. The van der Waals surface area contributed by atoms with Crippen molar-refractivity contribution in [3.63, 3.8) is 0 Å². The molecule has 18 heavy (non-hydrogen) atoms. The van der Waals surface area contributed by atoms with Gasteiger partial charge in [-0.2, -0.15) is 0 Å². The van der Waals surface area contributed by atoms with Crippen LogP contribution in [0.3, 0.4) is 0 Å². The number of amides is 1. The molecule has 4 nitrogen and oxygen atoms in total. The van der Waals surface area contributed by atoms with Crippen LogP contribution < -0.4 is 11.1 Å². The molecule has 0 aromatic heterocycles. The zero-order valence-electron chi connectivity index (χ0n) is 10.2. The van der Waals surface area contributed by atoms with Crippen LogP contribution in [0.25, 0.3) is 0 Å². The van der Waals surface area contributed by atoms with Crippen LogP contribution in [0.4, 0.5) is 4.39 Å². The smallest absolute Gasteiger partial charge is 0.248 e. The minimum Gasteiger partial charge on any atom is -0.366 e. The van der Waals surface area contributed by atoms with Gasteiger partial charge in [-0.15, -0.1) is 0 Å². The van der Waals surface area contributed by atoms with Gasteiger partial charge < -0.3 is 11.1 Å². The summed E-state index contributed by atoms with van der Waals surface area (Å²) in [5, 5.41) is 2.99. The molecule has 100 valence electrons. The van der Waals surface area contributed by atoms with Crippen molar-refractivity contribution in [2.75, 3.05) is 18.1 Å². The number of hydrogen-bond acceptors (Lipinski definition) is 3. The SMILES string of the molecule is CCS(=O)CCNCc1cc(C(N)=O)ccc1F. The third-order valence-electron chi connectivity index (χ3n) is 2.47. The topological polar surface area (TPSA) is 72.2 Å². The molecule has 3 N–H and O–H groups in total. The Balaban J connectivity index is 2.53. The first-order valence-electron chi connectivity index (χ1n) is 5.68. The van der Waals surface area contributed by atoms with E-state index >= 15 is 0 Å². The van der Waals surface area contributed by atoms with Crippen molar-refractivity contribution < 1.29 is 13.4 Å². The first-order chi connectivity index (χ1) is 8.54. The van der Waals surface area contributed by atoms with E-state index in [9.17, 15) is 13.4 Å². The van der Waals surface area contributed by atoms with Crippen LogP contribution in [0.1, 0.15) is 22.8 Å². The highest BCUT2D eigenvalue weighted by molar-refractivity contribution is 7.84. The Hall–Kier alpha value is -1.27. The van der Waals surface area contributed by atoms with Crippen LogP contribution in [0.2, 0.25) is 0 Å². The first-order valence-corrected chi connectivity index (χ1v) is 7.17. The molecule has 1 amide bonds. The third kappa shape index (κ3) is 4.54. The molecule has 6 heteroatoms. The van der Waals surface area contributed by atoms with Crippen molar-refractivity contribution in [1.82, 2.24) is 5.32 Å². The summed E-state index contributed by atoms with van der Waals surface area (Å²) in [6.45, 7) is 2.68. The summed E-state index contributed by atoms with van der Waals surface area (Å²) in [6.07, 6.45) is 0. The molecule has 0 fully saturated rings. The number of carbonyl (C=O) groups excluding carboxylic acids is 1. The predicted octanol–water partition coefficient (Wildman–Crippen LogP) is 0.783. The molecular weight excluding hydrogens is 255 g/mol. The number of benzene rings is 1. The molecule has 0 radical (unpaired) electrons. The van der Waals surface area contributed by atoms with E-state index < -0.39 is 16.7 Å². The zero-order valence-corrected chi connectivity index (χ0v) is 11.1. The van der Waals surface area contributed by atoms with Crippen molar-refractivity contribution in [3.05, 3.63) is 35.1 Å². The molecule has 1 aromatic carbocycles. The third-order valence-corrected chi connectivity index (χ3v) is 3.78. The van der Waals surface area contributed by atoms with Crippen LogP contribution >= 0.6 is 0 Å². The van der Waals surface area contributed by atoms with Crippen LogP contribution in [-0.2, 0) is 17.3 Å². The molecule has 0 bridgehead atoms.